The van der Waals surface area contributed by atoms with Gasteiger partial charge in [-0.25, -0.2) is 9.97 Å². The molecule has 0 fully saturated rings. The fourth-order valence-corrected chi connectivity index (χ4v) is 1.82. The largest absolute Gasteiger partial charge is 0.394 e. The van der Waals surface area contributed by atoms with Crippen LogP contribution < -0.4 is 5.32 Å². The molecule has 1 aromatic carbocycles. The number of hydrogen-bond acceptors (Lipinski definition) is 4. The molecule has 5 heteroatoms. The first-order chi connectivity index (χ1) is 8.29. The number of aliphatic hydroxyl groups is 1. The van der Waals surface area contributed by atoms with E-state index in [1.165, 1.54) is 6.33 Å². The van der Waals surface area contributed by atoms with Crippen molar-refractivity contribution >= 4 is 21.7 Å². The predicted molar refractivity (Wildman–Crippen MR) is 69.6 cm³/mol. The van der Waals surface area contributed by atoms with Gasteiger partial charge in [0.1, 0.15) is 16.7 Å². The molecule has 0 amide bonds. The maximum absolute atomic E-state index is 9.39. The first-order valence-corrected chi connectivity index (χ1v) is 5.99. The minimum absolute atomic E-state index is 0.00559. The molecule has 1 aromatic heterocycles. The summed E-state index contributed by atoms with van der Waals surface area (Å²) in [6.45, 7) is 0.00559. The summed E-state index contributed by atoms with van der Waals surface area (Å²) in [6, 6.07) is 11.3. The van der Waals surface area contributed by atoms with Gasteiger partial charge < -0.3 is 10.4 Å². The Labute approximate surface area is 108 Å². The molecule has 0 saturated carbocycles. The minimum Gasteiger partial charge on any atom is -0.394 e. The van der Waals surface area contributed by atoms with E-state index in [0.29, 0.717) is 10.4 Å². The molecule has 2 rings (SSSR count). The Bertz CT molecular complexity index is 478. The molecular formula is C12H12BrN3O. The number of rotatable bonds is 4. The number of halogens is 1. The molecule has 17 heavy (non-hydrogen) atoms. The van der Waals surface area contributed by atoms with Crippen molar-refractivity contribution in [2.75, 3.05) is 11.9 Å². The minimum atomic E-state index is -0.169. The van der Waals surface area contributed by atoms with E-state index in [2.05, 4.69) is 31.2 Å². The fourth-order valence-electron chi connectivity index (χ4n) is 1.51. The number of hydrogen-bond donors (Lipinski definition) is 2. The maximum Gasteiger partial charge on any atom is 0.131 e. The molecule has 0 aliphatic rings. The quantitative estimate of drug-likeness (QED) is 0.850. The summed E-state index contributed by atoms with van der Waals surface area (Å²) in [7, 11) is 0. The molecule has 0 spiro atoms. The van der Waals surface area contributed by atoms with E-state index in [-0.39, 0.29) is 12.6 Å². The van der Waals surface area contributed by atoms with E-state index in [4.69, 9.17) is 0 Å². The summed E-state index contributed by atoms with van der Waals surface area (Å²) in [6.07, 6.45) is 1.46. The highest BCUT2D eigenvalue weighted by molar-refractivity contribution is 9.10. The number of anilines is 1. The van der Waals surface area contributed by atoms with Gasteiger partial charge in [0.25, 0.3) is 0 Å². The third kappa shape index (κ3) is 3.25. The van der Waals surface area contributed by atoms with Gasteiger partial charge in [0.05, 0.1) is 12.6 Å². The summed E-state index contributed by atoms with van der Waals surface area (Å²) in [4.78, 5) is 8.04. The molecule has 2 aromatic rings. The van der Waals surface area contributed by atoms with Crippen LogP contribution in [0.3, 0.4) is 0 Å². The van der Waals surface area contributed by atoms with Gasteiger partial charge in [0.2, 0.25) is 0 Å². The summed E-state index contributed by atoms with van der Waals surface area (Å²) < 4.78 is 0.708. The molecule has 0 bridgehead atoms. The van der Waals surface area contributed by atoms with Crippen LogP contribution in [0, 0.1) is 0 Å². The molecule has 0 radical (unpaired) electrons. The number of benzene rings is 1. The van der Waals surface area contributed by atoms with E-state index < -0.39 is 0 Å². The second kappa shape index (κ2) is 5.75. The maximum atomic E-state index is 9.39. The van der Waals surface area contributed by atoms with Gasteiger partial charge in [-0.2, -0.15) is 0 Å². The van der Waals surface area contributed by atoms with Gasteiger partial charge in [0.15, 0.2) is 0 Å². The Hall–Kier alpha value is -1.46. The van der Waals surface area contributed by atoms with Crippen molar-refractivity contribution in [3.05, 3.63) is 52.9 Å². The van der Waals surface area contributed by atoms with E-state index >= 15 is 0 Å². The summed E-state index contributed by atoms with van der Waals surface area (Å²) >= 11 is 3.28. The highest BCUT2D eigenvalue weighted by Crippen LogP contribution is 2.18. The third-order valence-electron chi connectivity index (χ3n) is 2.34. The molecule has 4 nitrogen and oxygen atoms in total. The van der Waals surface area contributed by atoms with Crippen molar-refractivity contribution < 1.29 is 5.11 Å². The highest BCUT2D eigenvalue weighted by Gasteiger charge is 2.10. The van der Waals surface area contributed by atoms with Crippen molar-refractivity contribution in [3.8, 4) is 0 Å². The predicted octanol–water partition coefficient (Wildman–Crippen LogP) is 2.38. The Balaban J connectivity index is 2.16. The zero-order chi connectivity index (χ0) is 12.1. The average molecular weight is 294 g/mol. The van der Waals surface area contributed by atoms with Crippen molar-refractivity contribution in [2.24, 2.45) is 0 Å². The molecular weight excluding hydrogens is 282 g/mol. The lowest BCUT2D eigenvalue weighted by atomic mass is 10.1. The molecule has 0 saturated heterocycles. The van der Waals surface area contributed by atoms with Crippen molar-refractivity contribution in [3.63, 3.8) is 0 Å². The van der Waals surface area contributed by atoms with Gasteiger partial charge in [-0.3, -0.25) is 0 Å². The Morgan fingerprint density at radius 3 is 2.65 bits per heavy atom. The molecule has 0 aliphatic carbocycles. The van der Waals surface area contributed by atoms with Crippen LogP contribution in [0.4, 0.5) is 5.82 Å². The van der Waals surface area contributed by atoms with E-state index in [9.17, 15) is 5.11 Å². The number of nitrogens with one attached hydrogen (secondary N) is 1. The number of nitrogens with zero attached hydrogens (tertiary/aromatic N) is 2. The van der Waals surface area contributed by atoms with Crippen molar-refractivity contribution in [2.45, 2.75) is 6.04 Å². The lowest BCUT2D eigenvalue weighted by Crippen LogP contribution is -2.15. The van der Waals surface area contributed by atoms with Crippen LogP contribution in [0.15, 0.2) is 47.3 Å². The SMILES string of the molecule is OCC(Nc1cc(Br)ncn1)c1ccccc1. The molecule has 1 unspecified atom stereocenters. The van der Waals surface area contributed by atoms with Crippen molar-refractivity contribution in [1.82, 2.24) is 9.97 Å². The fraction of sp³-hybridized carbons (Fsp3) is 0.167. The van der Waals surface area contributed by atoms with E-state index in [1.54, 1.807) is 6.07 Å². The number of aromatic nitrogens is 2. The van der Waals surface area contributed by atoms with Crippen LogP contribution in [0.2, 0.25) is 0 Å². The zero-order valence-corrected chi connectivity index (χ0v) is 10.6. The van der Waals surface area contributed by atoms with Gasteiger partial charge in [-0.15, -0.1) is 0 Å². The molecule has 1 heterocycles. The summed E-state index contributed by atoms with van der Waals surface area (Å²) in [5.74, 6) is 0.676. The first kappa shape index (κ1) is 12.0. The van der Waals surface area contributed by atoms with Gasteiger partial charge >= 0.3 is 0 Å². The Morgan fingerprint density at radius 1 is 1.24 bits per heavy atom. The topological polar surface area (TPSA) is 58.0 Å². The first-order valence-electron chi connectivity index (χ1n) is 5.19. The van der Waals surface area contributed by atoms with E-state index in [0.717, 1.165) is 5.56 Å². The molecule has 0 aliphatic heterocycles. The van der Waals surface area contributed by atoms with Crippen LogP contribution in [0.1, 0.15) is 11.6 Å². The lowest BCUT2D eigenvalue weighted by molar-refractivity contribution is 0.276. The monoisotopic (exact) mass is 293 g/mol. The van der Waals surface area contributed by atoms with Crippen LogP contribution in [-0.4, -0.2) is 21.7 Å². The average Bonchev–Trinajstić information content (AvgIpc) is 2.37. The molecule has 88 valence electrons. The second-order valence-corrected chi connectivity index (χ2v) is 4.33. The summed E-state index contributed by atoms with van der Waals surface area (Å²) in [5, 5.41) is 12.5. The summed E-state index contributed by atoms with van der Waals surface area (Å²) in [5.41, 5.74) is 1.02. The highest BCUT2D eigenvalue weighted by atomic mass is 79.9. The lowest BCUT2D eigenvalue weighted by Gasteiger charge is -2.17. The standard InChI is InChI=1S/C12H12BrN3O/c13-11-6-12(15-8-14-11)16-10(7-17)9-4-2-1-3-5-9/h1-6,8,10,17H,7H2,(H,14,15,16). The Kier molecular flexibility index (Phi) is 4.06. The molecule has 2 N–H and O–H groups in total. The Morgan fingerprint density at radius 2 is 2.00 bits per heavy atom. The van der Waals surface area contributed by atoms with Crippen LogP contribution in [-0.2, 0) is 0 Å². The van der Waals surface area contributed by atoms with Gasteiger partial charge in [-0.1, -0.05) is 30.3 Å². The molecule has 1 atom stereocenters. The van der Waals surface area contributed by atoms with Gasteiger partial charge in [0, 0.05) is 6.07 Å². The van der Waals surface area contributed by atoms with Gasteiger partial charge in [-0.05, 0) is 21.5 Å². The smallest absolute Gasteiger partial charge is 0.131 e. The number of aliphatic hydroxyl groups excluding tert-OH is 1. The van der Waals surface area contributed by atoms with Crippen LogP contribution >= 0.6 is 15.9 Å². The second-order valence-electron chi connectivity index (χ2n) is 3.52. The van der Waals surface area contributed by atoms with Crippen LogP contribution in [0.5, 0.6) is 0 Å². The van der Waals surface area contributed by atoms with Crippen molar-refractivity contribution in [1.29, 1.82) is 0 Å². The van der Waals surface area contributed by atoms with E-state index in [1.807, 2.05) is 30.3 Å². The third-order valence-corrected chi connectivity index (χ3v) is 2.77. The zero-order valence-electron chi connectivity index (χ0n) is 9.05. The van der Waals surface area contributed by atoms with Crippen LogP contribution in [0.25, 0.3) is 0 Å². The normalized spacial score (nSPS) is 12.1.